The smallest absolute Gasteiger partial charge is 0.224 e. The van der Waals surface area contributed by atoms with E-state index in [1.165, 1.54) is 0 Å². The summed E-state index contributed by atoms with van der Waals surface area (Å²) in [6.45, 7) is 6.92. The van der Waals surface area contributed by atoms with E-state index in [1.807, 2.05) is 63.2 Å². The van der Waals surface area contributed by atoms with Gasteiger partial charge in [-0.05, 0) is 44.0 Å². The minimum absolute atomic E-state index is 0.0383. The van der Waals surface area contributed by atoms with Crippen LogP contribution in [0.3, 0.4) is 0 Å². The molecule has 0 aliphatic rings. The molecule has 0 unspecified atom stereocenters. The molecule has 0 spiro atoms. The molecule has 1 amide bonds. The molecular weight excluding hydrogens is 382 g/mol. The molecule has 1 atom stereocenters. The normalized spacial score (nSPS) is 11.7. The van der Waals surface area contributed by atoms with Crippen molar-refractivity contribution in [1.82, 2.24) is 5.32 Å². The van der Waals surface area contributed by atoms with Gasteiger partial charge in [0, 0.05) is 4.47 Å². The number of benzene rings is 2. The largest absolute Gasteiger partial charge is 0.490 e. The molecule has 0 aliphatic heterocycles. The zero-order chi connectivity index (χ0) is 18.2. The molecule has 0 saturated carbocycles. The maximum absolute atomic E-state index is 12.4. The van der Waals surface area contributed by atoms with Gasteiger partial charge in [-0.2, -0.15) is 0 Å². The molecule has 1 N–H and O–H groups in total. The summed E-state index contributed by atoms with van der Waals surface area (Å²) in [4.78, 5) is 12.4. The first kappa shape index (κ1) is 19.3. The minimum Gasteiger partial charge on any atom is -0.490 e. The predicted octanol–water partition coefficient (Wildman–Crippen LogP) is 4.67. The van der Waals surface area contributed by atoms with Crippen LogP contribution in [0.15, 0.2) is 46.9 Å². The van der Waals surface area contributed by atoms with Crippen molar-refractivity contribution in [1.29, 1.82) is 0 Å². The topological polar surface area (TPSA) is 47.6 Å². The van der Waals surface area contributed by atoms with Crippen LogP contribution in [-0.2, 0) is 11.2 Å². The maximum atomic E-state index is 12.4. The standard InChI is InChI=1S/C20H24BrNO3/c1-4-24-18-11-16(17(21)13-19(18)25-5-2)12-20(23)22-14(3)15-9-7-6-8-10-15/h6-11,13-14H,4-5,12H2,1-3H3,(H,22,23)/t14-/m0/s1. The van der Waals surface area contributed by atoms with Gasteiger partial charge in [-0.3, -0.25) is 4.79 Å². The molecule has 2 aromatic carbocycles. The SMILES string of the molecule is CCOc1cc(Br)c(CC(=O)N[C@@H](C)c2ccccc2)cc1OCC. The van der Waals surface area contributed by atoms with Crippen LogP contribution in [0, 0.1) is 0 Å². The summed E-state index contributed by atoms with van der Waals surface area (Å²) < 4.78 is 12.1. The molecular formula is C20H24BrNO3. The summed E-state index contributed by atoms with van der Waals surface area (Å²) in [6.07, 6.45) is 0.268. The van der Waals surface area contributed by atoms with E-state index in [9.17, 15) is 4.79 Å². The van der Waals surface area contributed by atoms with Crippen molar-refractivity contribution in [2.45, 2.75) is 33.2 Å². The van der Waals surface area contributed by atoms with Crippen LogP contribution >= 0.6 is 15.9 Å². The monoisotopic (exact) mass is 405 g/mol. The van der Waals surface area contributed by atoms with Gasteiger partial charge in [-0.1, -0.05) is 46.3 Å². The fourth-order valence-corrected chi connectivity index (χ4v) is 3.00. The van der Waals surface area contributed by atoms with E-state index in [1.54, 1.807) is 0 Å². The molecule has 0 aromatic heterocycles. The second-order valence-electron chi connectivity index (χ2n) is 5.63. The van der Waals surface area contributed by atoms with Crippen LogP contribution in [0.25, 0.3) is 0 Å². The Morgan fingerprint density at radius 1 is 1.08 bits per heavy atom. The molecule has 2 rings (SSSR count). The van der Waals surface area contributed by atoms with E-state index in [4.69, 9.17) is 9.47 Å². The Labute approximate surface area is 157 Å². The van der Waals surface area contributed by atoms with E-state index >= 15 is 0 Å². The molecule has 0 aliphatic carbocycles. The van der Waals surface area contributed by atoms with Gasteiger partial charge < -0.3 is 14.8 Å². The first-order chi connectivity index (χ1) is 12.0. The molecule has 5 heteroatoms. The van der Waals surface area contributed by atoms with E-state index in [0.29, 0.717) is 24.7 Å². The molecule has 0 fully saturated rings. The zero-order valence-corrected chi connectivity index (χ0v) is 16.4. The summed E-state index contributed by atoms with van der Waals surface area (Å²) in [6, 6.07) is 13.6. The first-order valence-electron chi connectivity index (χ1n) is 8.47. The average Bonchev–Trinajstić information content (AvgIpc) is 2.60. The lowest BCUT2D eigenvalue weighted by Crippen LogP contribution is -2.28. The highest BCUT2D eigenvalue weighted by Crippen LogP contribution is 2.34. The minimum atomic E-state index is -0.0402. The highest BCUT2D eigenvalue weighted by atomic mass is 79.9. The summed E-state index contributed by atoms with van der Waals surface area (Å²) in [5.74, 6) is 1.30. The molecule has 134 valence electrons. The summed E-state index contributed by atoms with van der Waals surface area (Å²) in [7, 11) is 0. The van der Waals surface area contributed by atoms with Crippen LogP contribution in [0.1, 0.15) is 37.9 Å². The van der Waals surface area contributed by atoms with Gasteiger partial charge in [0.1, 0.15) is 0 Å². The van der Waals surface area contributed by atoms with Crippen LogP contribution in [0.5, 0.6) is 11.5 Å². The molecule has 0 saturated heterocycles. The summed E-state index contributed by atoms with van der Waals surface area (Å²) in [5.41, 5.74) is 1.95. The lowest BCUT2D eigenvalue weighted by atomic mass is 10.1. The van der Waals surface area contributed by atoms with Crippen LogP contribution in [-0.4, -0.2) is 19.1 Å². The first-order valence-corrected chi connectivity index (χ1v) is 9.26. The van der Waals surface area contributed by atoms with Crippen molar-refractivity contribution >= 4 is 21.8 Å². The number of hydrogen-bond acceptors (Lipinski definition) is 3. The van der Waals surface area contributed by atoms with E-state index in [0.717, 1.165) is 15.6 Å². The number of carbonyl (C=O) groups is 1. The average molecular weight is 406 g/mol. The van der Waals surface area contributed by atoms with Crippen molar-refractivity contribution in [2.75, 3.05) is 13.2 Å². The lowest BCUT2D eigenvalue weighted by Gasteiger charge is -2.16. The third kappa shape index (κ3) is 5.49. The number of halogens is 1. The Balaban J connectivity index is 2.10. The maximum Gasteiger partial charge on any atom is 0.224 e. The molecule has 0 radical (unpaired) electrons. The van der Waals surface area contributed by atoms with E-state index in [-0.39, 0.29) is 18.4 Å². The Kier molecular flexibility index (Phi) is 7.31. The van der Waals surface area contributed by atoms with Gasteiger partial charge in [0.2, 0.25) is 5.91 Å². The van der Waals surface area contributed by atoms with E-state index in [2.05, 4.69) is 21.2 Å². The number of rotatable bonds is 8. The molecule has 2 aromatic rings. The van der Waals surface area contributed by atoms with Crippen molar-refractivity contribution in [3.05, 3.63) is 58.1 Å². The Morgan fingerprint density at radius 2 is 1.68 bits per heavy atom. The fraction of sp³-hybridized carbons (Fsp3) is 0.350. The second kappa shape index (κ2) is 9.47. The van der Waals surface area contributed by atoms with Gasteiger partial charge in [-0.15, -0.1) is 0 Å². The Hall–Kier alpha value is -2.01. The van der Waals surface area contributed by atoms with Crippen LogP contribution in [0.2, 0.25) is 0 Å². The number of hydrogen-bond donors (Lipinski definition) is 1. The molecule has 25 heavy (non-hydrogen) atoms. The second-order valence-corrected chi connectivity index (χ2v) is 6.49. The summed E-state index contributed by atoms with van der Waals surface area (Å²) in [5, 5.41) is 3.03. The Morgan fingerprint density at radius 3 is 2.28 bits per heavy atom. The van der Waals surface area contributed by atoms with Crippen LogP contribution in [0.4, 0.5) is 0 Å². The van der Waals surface area contributed by atoms with Crippen LogP contribution < -0.4 is 14.8 Å². The highest BCUT2D eigenvalue weighted by molar-refractivity contribution is 9.10. The van der Waals surface area contributed by atoms with Gasteiger partial charge in [0.05, 0.1) is 25.7 Å². The van der Waals surface area contributed by atoms with Crippen molar-refractivity contribution in [3.8, 4) is 11.5 Å². The molecule has 0 heterocycles. The third-order valence-electron chi connectivity index (χ3n) is 3.74. The third-order valence-corrected chi connectivity index (χ3v) is 4.48. The number of nitrogens with one attached hydrogen (secondary N) is 1. The van der Waals surface area contributed by atoms with Crippen molar-refractivity contribution in [2.24, 2.45) is 0 Å². The van der Waals surface area contributed by atoms with Crippen molar-refractivity contribution < 1.29 is 14.3 Å². The number of carbonyl (C=O) groups excluding carboxylic acids is 1. The molecule has 0 bridgehead atoms. The predicted molar refractivity (Wildman–Crippen MR) is 103 cm³/mol. The summed E-state index contributed by atoms with van der Waals surface area (Å²) >= 11 is 3.53. The molecule has 4 nitrogen and oxygen atoms in total. The van der Waals surface area contributed by atoms with Crippen molar-refractivity contribution in [3.63, 3.8) is 0 Å². The van der Waals surface area contributed by atoms with Gasteiger partial charge in [0.25, 0.3) is 0 Å². The lowest BCUT2D eigenvalue weighted by molar-refractivity contribution is -0.121. The Bertz CT molecular complexity index is 704. The number of ether oxygens (including phenoxy) is 2. The van der Waals surface area contributed by atoms with E-state index < -0.39 is 0 Å². The van der Waals surface area contributed by atoms with Gasteiger partial charge >= 0.3 is 0 Å². The highest BCUT2D eigenvalue weighted by Gasteiger charge is 2.15. The number of amides is 1. The van der Waals surface area contributed by atoms with Gasteiger partial charge in [0.15, 0.2) is 11.5 Å². The zero-order valence-electron chi connectivity index (χ0n) is 14.8. The fourth-order valence-electron chi connectivity index (χ4n) is 2.54. The quantitative estimate of drug-likeness (QED) is 0.693. The van der Waals surface area contributed by atoms with Gasteiger partial charge in [-0.25, -0.2) is 0 Å².